The lowest BCUT2D eigenvalue weighted by atomic mass is 9.66. The summed E-state index contributed by atoms with van der Waals surface area (Å²) in [6.45, 7) is 1.08. The van der Waals surface area contributed by atoms with Gasteiger partial charge in [-0.05, 0) is 36.0 Å². The summed E-state index contributed by atoms with van der Waals surface area (Å²) in [7, 11) is 0. The standard InChI is InChI=1S/C28H35N.HI/c29-24-16-5-3-1-2-4-15-23-28(25-17-9-6-10-18-25,26-19-11-7-12-20-26)27-21-13-8-14-22-27;/h6-14,17-22H,1-5,15-16,23-24,29H2;1H. The molecule has 0 aliphatic carbocycles. The minimum atomic E-state index is -0.0857. The molecule has 0 heterocycles. The second kappa shape index (κ2) is 13.6. The van der Waals surface area contributed by atoms with E-state index in [4.69, 9.17) is 0 Å². The molecular formula is C28H36IN. The van der Waals surface area contributed by atoms with Crippen molar-refractivity contribution in [3.63, 3.8) is 0 Å². The van der Waals surface area contributed by atoms with Gasteiger partial charge in [0.15, 0.2) is 0 Å². The van der Waals surface area contributed by atoms with Crippen LogP contribution in [0.25, 0.3) is 0 Å². The third-order valence-electron chi connectivity index (χ3n) is 6.10. The van der Waals surface area contributed by atoms with Crippen LogP contribution in [-0.2, 0) is 5.41 Å². The van der Waals surface area contributed by atoms with Crippen LogP contribution in [-0.4, -0.2) is 6.54 Å². The Kier molecular flexibility index (Phi) is 11.2. The summed E-state index contributed by atoms with van der Waals surface area (Å²) < 4.78 is 0. The zero-order valence-electron chi connectivity index (χ0n) is 18.1. The van der Waals surface area contributed by atoms with E-state index in [9.17, 15) is 0 Å². The molecule has 30 heavy (non-hydrogen) atoms. The van der Waals surface area contributed by atoms with E-state index < -0.39 is 0 Å². The highest BCUT2D eigenvalue weighted by molar-refractivity contribution is 5.50. The molecule has 160 valence electrons. The van der Waals surface area contributed by atoms with Gasteiger partial charge in [-0.25, -0.2) is 0 Å². The first kappa shape index (κ1) is 24.6. The molecule has 0 bridgehead atoms. The van der Waals surface area contributed by atoms with Gasteiger partial charge in [0.1, 0.15) is 0 Å². The van der Waals surface area contributed by atoms with Gasteiger partial charge in [0.25, 0.3) is 0 Å². The molecule has 2 heteroatoms. The number of benzene rings is 3. The zero-order chi connectivity index (χ0) is 20.2. The molecule has 0 aromatic heterocycles. The van der Waals surface area contributed by atoms with Crippen molar-refractivity contribution in [2.45, 2.75) is 56.8 Å². The maximum absolute atomic E-state index is 3.95. The van der Waals surface area contributed by atoms with E-state index >= 15 is 0 Å². The fourth-order valence-corrected chi connectivity index (χ4v) is 4.55. The molecule has 3 aromatic carbocycles. The minimum absolute atomic E-state index is 0. The number of halogens is 1. The summed E-state index contributed by atoms with van der Waals surface area (Å²) in [4.78, 5) is 0. The van der Waals surface area contributed by atoms with Crippen LogP contribution < -0.4 is 29.7 Å². The van der Waals surface area contributed by atoms with Crippen LogP contribution in [0.15, 0.2) is 91.0 Å². The van der Waals surface area contributed by atoms with E-state index in [1.165, 1.54) is 61.6 Å². The minimum Gasteiger partial charge on any atom is -1.00 e. The zero-order valence-corrected chi connectivity index (χ0v) is 20.3. The molecule has 0 aliphatic rings. The number of hydrogen-bond acceptors (Lipinski definition) is 0. The van der Waals surface area contributed by atoms with Crippen molar-refractivity contribution < 1.29 is 29.7 Å². The van der Waals surface area contributed by atoms with Crippen molar-refractivity contribution in [2.24, 2.45) is 0 Å². The van der Waals surface area contributed by atoms with E-state index in [-0.39, 0.29) is 29.4 Å². The monoisotopic (exact) mass is 513 g/mol. The summed E-state index contributed by atoms with van der Waals surface area (Å²) in [5.74, 6) is 0. The Labute approximate surface area is 200 Å². The highest BCUT2D eigenvalue weighted by Crippen LogP contribution is 2.43. The van der Waals surface area contributed by atoms with E-state index in [1.54, 1.807) is 0 Å². The average Bonchev–Trinajstić information content (AvgIpc) is 2.80. The lowest BCUT2D eigenvalue weighted by Gasteiger charge is -2.36. The Morgan fingerprint density at radius 1 is 0.467 bits per heavy atom. The average molecular weight is 514 g/mol. The maximum atomic E-state index is 3.95. The number of unbranched alkanes of at least 4 members (excludes halogenated alkanes) is 6. The molecule has 0 unspecified atom stereocenters. The molecule has 0 spiro atoms. The van der Waals surface area contributed by atoms with Crippen molar-refractivity contribution in [3.8, 4) is 0 Å². The quantitative estimate of drug-likeness (QED) is 0.219. The van der Waals surface area contributed by atoms with E-state index in [2.05, 4.69) is 96.7 Å². The fourth-order valence-electron chi connectivity index (χ4n) is 4.55. The van der Waals surface area contributed by atoms with Crippen molar-refractivity contribution in [2.75, 3.05) is 6.54 Å². The van der Waals surface area contributed by atoms with Gasteiger partial charge in [0.05, 0.1) is 6.54 Å². The molecule has 3 aromatic rings. The lowest BCUT2D eigenvalue weighted by molar-refractivity contribution is -0.368. The van der Waals surface area contributed by atoms with Crippen LogP contribution >= 0.6 is 0 Å². The van der Waals surface area contributed by atoms with Gasteiger partial charge < -0.3 is 29.7 Å². The lowest BCUT2D eigenvalue weighted by Crippen LogP contribution is -3.00. The first-order valence-corrected chi connectivity index (χ1v) is 11.3. The second-order valence-electron chi connectivity index (χ2n) is 8.08. The largest absolute Gasteiger partial charge is 1.00 e. The van der Waals surface area contributed by atoms with Gasteiger partial charge in [0.2, 0.25) is 0 Å². The first-order chi connectivity index (χ1) is 14.4. The van der Waals surface area contributed by atoms with Gasteiger partial charge in [-0.1, -0.05) is 123 Å². The number of hydrogen-bond donors (Lipinski definition) is 1. The summed E-state index contributed by atoms with van der Waals surface area (Å²) >= 11 is 0. The normalized spacial score (nSPS) is 11.1. The smallest absolute Gasteiger partial charge is 0.0739 e. The molecule has 0 radical (unpaired) electrons. The Hall–Kier alpha value is -1.65. The highest BCUT2D eigenvalue weighted by atomic mass is 127. The van der Waals surface area contributed by atoms with E-state index in [0.717, 1.165) is 13.0 Å². The van der Waals surface area contributed by atoms with Crippen LogP contribution in [0.1, 0.15) is 68.1 Å². The Balaban J connectivity index is 0.00000320. The van der Waals surface area contributed by atoms with Crippen molar-refractivity contribution in [1.29, 1.82) is 0 Å². The van der Waals surface area contributed by atoms with Gasteiger partial charge in [-0.15, -0.1) is 0 Å². The van der Waals surface area contributed by atoms with E-state index in [0.29, 0.717) is 0 Å². The third-order valence-corrected chi connectivity index (χ3v) is 6.10. The molecule has 3 rings (SSSR count). The predicted molar refractivity (Wildman–Crippen MR) is 124 cm³/mol. The third kappa shape index (κ3) is 6.42. The molecule has 0 atom stereocenters. The molecule has 0 saturated carbocycles. The molecule has 0 amide bonds. The fraction of sp³-hybridized carbons (Fsp3) is 0.357. The van der Waals surface area contributed by atoms with Crippen molar-refractivity contribution in [1.82, 2.24) is 0 Å². The van der Waals surface area contributed by atoms with Crippen molar-refractivity contribution in [3.05, 3.63) is 108 Å². The van der Waals surface area contributed by atoms with Crippen LogP contribution in [0.4, 0.5) is 0 Å². The summed E-state index contributed by atoms with van der Waals surface area (Å²) in [5.41, 5.74) is 8.05. The van der Waals surface area contributed by atoms with Crippen LogP contribution in [0.5, 0.6) is 0 Å². The molecule has 0 fully saturated rings. The van der Waals surface area contributed by atoms with Crippen LogP contribution in [0.2, 0.25) is 0 Å². The van der Waals surface area contributed by atoms with Crippen molar-refractivity contribution >= 4 is 0 Å². The second-order valence-corrected chi connectivity index (χ2v) is 8.08. The maximum Gasteiger partial charge on any atom is 0.0739 e. The summed E-state index contributed by atoms with van der Waals surface area (Å²) in [5, 5.41) is 0. The first-order valence-electron chi connectivity index (χ1n) is 11.3. The van der Waals surface area contributed by atoms with E-state index in [1.807, 2.05) is 0 Å². The SMILES string of the molecule is [I-].[NH3+]CCCCCCCCCC(c1ccccc1)(c1ccccc1)c1ccccc1. The Bertz CT molecular complexity index is 705. The molecule has 1 nitrogen and oxygen atoms in total. The molecule has 0 aliphatic heterocycles. The molecule has 3 N–H and O–H groups in total. The summed E-state index contributed by atoms with van der Waals surface area (Å²) in [6, 6.07) is 33.3. The molecular weight excluding hydrogens is 477 g/mol. The predicted octanol–water partition coefficient (Wildman–Crippen LogP) is 3.39. The Morgan fingerprint density at radius 2 is 0.800 bits per heavy atom. The Morgan fingerprint density at radius 3 is 1.17 bits per heavy atom. The van der Waals surface area contributed by atoms with Gasteiger partial charge in [-0.3, -0.25) is 0 Å². The highest BCUT2D eigenvalue weighted by Gasteiger charge is 2.35. The van der Waals surface area contributed by atoms with Gasteiger partial charge >= 0.3 is 0 Å². The number of quaternary nitrogens is 1. The topological polar surface area (TPSA) is 27.6 Å². The molecule has 0 saturated heterocycles. The van der Waals surface area contributed by atoms with Gasteiger partial charge in [0, 0.05) is 5.41 Å². The summed E-state index contributed by atoms with van der Waals surface area (Å²) in [6.07, 6.45) is 10.4. The van der Waals surface area contributed by atoms with Gasteiger partial charge in [-0.2, -0.15) is 0 Å². The van der Waals surface area contributed by atoms with Crippen LogP contribution in [0.3, 0.4) is 0 Å². The van der Waals surface area contributed by atoms with Crippen LogP contribution in [0, 0.1) is 0 Å². The number of rotatable bonds is 12.